The molecule has 1 saturated heterocycles. The molecule has 0 unspecified atom stereocenters. The first-order chi connectivity index (χ1) is 12.3. The average Bonchev–Trinajstić information content (AvgIpc) is 2.61. The minimum atomic E-state index is -3.29. The van der Waals surface area contributed by atoms with Gasteiger partial charge in [-0.15, -0.1) is 0 Å². The summed E-state index contributed by atoms with van der Waals surface area (Å²) in [7, 11) is -3.29. The number of benzene rings is 1. The van der Waals surface area contributed by atoms with E-state index in [2.05, 4.69) is 4.90 Å². The summed E-state index contributed by atoms with van der Waals surface area (Å²) < 4.78 is 38.0. The van der Waals surface area contributed by atoms with Crippen LogP contribution < -0.4 is 4.90 Å². The zero-order chi connectivity index (χ0) is 19.2. The van der Waals surface area contributed by atoms with E-state index in [1.807, 2.05) is 6.92 Å². The van der Waals surface area contributed by atoms with Gasteiger partial charge >= 0.3 is 0 Å². The Morgan fingerprint density at radius 2 is 1.73 bits per heavy atom. The fourth-order valence-electron chi connectivity index (χ4n) is 3.02. The molecule has 6 nitrogen and oxygen atoms in total. The van der Waals surface area contributed by atoms with Gasteiger partial charge in [0, 0.05) is 51.4 Å². The van der Waals surface area contributed by atoms with Crippen molar-refractivity contribution in [1.29, 1.82) is 0 Å². The Morgan fingerprint density at radius 3 is 2.27 bits per heavy atom. The highest BCUT2D eigenvalue weighted by Gasteiger charge is 2.23. The van der Waals surface area contributed by atoms with Crippen molar-refractivity contribution in [2.24, 2.45) is 0 Å². The molecule has 0 atom stereocenters. The lowest BCUT2D eigenvalue weighted by Gasteiger charge is -2.36. The SMILES string of the molecule is CCCCN(CCC(=O)N1CCN(c2ccc(F)cc2)CC1)S(C)(=O)=O. The van der Waals surface area contributed by atoms with Gasteiger partial charge in [0.15, 0.2) is 0 Å². The Kier molecular flexibility index (Phi) is 7.40. The number of carbonyl (C=O) groups is 1. The zero-order valence-electron chi connectivity index (χ0n) is 15.5. The van der Waals surface area contributed by atoms with Gasteiger partial charge in [0.2, 0.25) is 15.9 Å². The maximum absolute atomic E-state index is 13.0. The first-order valence-corrected chi connectivity index (χ1v) is 10.9. The lowest BCUT2D eigenvalue weighted by atomic mass is 10.2. The molecule has 1 amide bonds. The number of rotatable bonds is 8. The number of amides is 1. The van der Waals surface area contributed by atoms with Crippen LogP contribution in [-0.2, 0) is 14.8 Å². The van der Waals surface area contributed by atoms with E-state index in [1.165, 1.54) is 22.7 Å². The van der Waals surface area contributed by atoms with E-state index in [9.17, 15) is 17.6 Å². The molecular weight excluding hydrogens is 357 g/mol. The maximum Gasteiger partial charge on any atom is 0.224 e. The van der Waals surface area contributed by atoms with Crippen molar-refractivity contribution in [3.05, 3.63) is 30.1 Å². The third-order valence-corrected chi connectivity index (χ3v) is 5.93. The molecule has 0 aromatic heterocycles. The molecule has 2 rings (SSSR count). The van der Waals surface area contributed by atoms with Gasteiger partial charge in [-0.2, -0.15) is 0 Å². The molecule has 8 heteroatoms. The van der Waals surface area contributed by atoms with E-state index in [0.29, 0.717) is 32.7 Å². The van der Waals surface area contributed by atoms with Gasteiger partial charge in [0.1, 0.15) is 5.82 Å². The van der Waals surface area contributed by atoms with Crippen LogP contribution in [0.2, 0.25) is 0 Å². The minimum absolute atomic E-state index is 0.0195. The fourth-order valence-corrected chi connectivity index (χ4v) is 3.91. The Bertz CT molecular complexity index is 686. The first-order valence-electron chi connectivity index (χ1n) is 9.04. The number of piperazine rings is 1. The summed E-state index contributed by atoms with van der Waals surface area (Å²) in [5, 5.41) is 0. The molecule has 1 aromatic rings. The van der Waals surface area contributed by atoms with Crippen LogP contribution in [0.3, 0.4) is 0 Å². The van der Waals surface area contributed by atoms with Crippen molar-refractivity contribution < 1.29 is 17.6 Å². The predicted octanol–water partition coefficient (Wildman–Crippen LogP) is 1.93. The van der Waals surface area contributed by atoms with Gasteiger partial charge in [0.25, 0.3) is 0 Å². The summed E-state index contributed by atoms with van der Waals surface area (Å²) in [4.78, 5) is 16.3. The van der Waals surface area contributed by atoms with E-state index in [0.717, 1.165) is 18.5 Å². The Balaban J connectivity index is 1.83. The summed E-state index contributed by atoms with van der Waals surface area (Å²) in [6.45, 7) is 5.24. The van der Waals surface area contributed by atoms with Gasteiger partial charge in [-0.1, -0.05) is 13.3 Å². The van der Waals surface area contributed by atoms with Crippen molar-refractivity contribution in [1.82, 2.24) is 9.21 Å². The van der Waals surface area contributed by atoms with Crippen LogP contribution >= 0.6 is 0 Å². The lowest BCUT2D eigenvalue weighted by molar-refractivity contribution is -0.131. The van der Waals surface area contributed by atoms with Gasteiger partial charge < -0.3 is 9.80 Å². The molecule has 1 aliphatic heterocycles. The van der Waals surface area contributed by atoms with Crippen LogP contribution in [0.4, 0.5) is 10.1 Å². The molecule has 1 aliphatic rings. The Morgan fingerprint density at radius 1 is 1.12 bits per heavy atom. The van der Waals surface area contributed by atoms with Crippen molar-refractivity contribution >= 4 is 21.6 Å². The monoisotopic (exact) mass is 385 g/mol. The quantitative estimate of drug-likeness (QED) is 0.686. The normalized spacial score (nSPS) is 15.5. The highest BCUT2D eigenvalue weighted by atomic mass is 32.2. The number of carbonyl (C=O) groups excluding carboxylic acids is 1. The lowest BCUT2D eigenvalue weighted by Crippen LogP contribution is -2.49. The number of unbranched alkanes of at least 4 members (excludes halogenated alkanes) is 1. The van der Waals surface area contributed by atoms with Crippen LogP contribution in [0, 0.1) is 5.82 Å². The summed E-state index contributed by atoms with van der Waals surface area (Å²) in [5.41, 5.74) is 0.946. The second kappa shape index (κ2) is 9.32. The van der Waals surface area contributed by atoms with Crippen molar-refractivity contribution in [2.75, 3.05) is 50.4 Å². The van der Waals surface area contributed by atoms with Gasteiger partial charge in [-0.25, -0.2) is 17.1 Å². The molecule has 0 saturated carbocycles. The number of anilines is 1. The molecule has 0 N–H and O–H groups in total. The van der Waals surface area contributed by atoms with E-state index in [4.69, 9.17) is 0 Å². The van der Waals surface area contributed by atoms with E-state index < -0.39 is 10.0 Å². The second-order valence-electron chi connectivity index (χ2n) is 6.61. The highest BCUT2D eigenvalue weighted by molar-refractivity contribution is 7.88. The number of sulfonamides is 1. The van der Waals surface area contributed by atoms with Crippen molar-refractivity contribution in [3.63, 3.8) is 0 Å². The third kappa shape index (κ3) is 5.95. The Hall–Kier alpha value is -1.67. The van der Waals surface area contributed by atoms with E-state index >= 15 is 0 Å². The molecule has 0 radical (unpaired) electrons. The molecule has 1 heterocycles. The summed E-state index contributed by atoms with van der Waals surface area (Å²) >= 11 is 0. The van der Waals surface area contributed by atoms with Gasteiger partial charge in [-0.05, 0) is 30.7 Å². The predicted molar refractivity (Wildman–Crippen MR) is 101 cm³/mol. The summed E-state index contributed by atoms with van der Waals surface area (Å²) in [6.07, 6.45) is 3.09. The number of hydrogen-bond donors (Lipinski definition) is 0. The molecule has 0 spiro atoms. The molecule has 146 valence electrons. The van der Waals surface area contributed by atoms with E-state index in [-0.39, 0.29) is 24.7 Å². The molecule has 0 bridgehead atoms. The fraction of sp³-hybridized carbons (Fsp3) is 0.611. The topological polar surface area (TPSA) is 60.9 Å². The molecule has 0 aliphatic carbocycles. The molecule has 1 aromatic carbocycles. The average molecular weight is 386 g/mol. The number of halogens is 1. The zero-order valence-corrected chi connectivity index (χ0v) is 16.3. The van der Waals surface area contributed by atoms with Crippen LogP contribution in [-0.4, -0.2) is 69.1 Å². The minimum Gasteiger partial charge on any atom is -0.368 e. The highest BCUT2D eigenvalue weighted by Crippen LogP contribution is 2.17. The standard InChI is InChI=1S/C18H28FN3O3S/c1-3-4-10-22(26(2,24)25)11-9-18(23)21-14-12-20(13-15-21)17-7-5-16(19)6-8-17/h5-8H,3-4,9-15H2,1-2H3. The number of hydrogen-bond acceptors (Lipinski definition) is 4. The molecular formula is C18H28FN3O3S. The largest absolute Gasteiger partial charge is 0.368 e. The van der Waals surface area contributed by atoms with Crippen molar-refractivity contribution in [2.45, 2.75) is 26.2 Å². The van der Waals surface area contributed by atoms with Crippen LogP contribution in [0.5, 0.6) is 0 Å². The summed E-state index contributed by atoms with van der Waals surface area (Å²) in [6, 6.07) is 6.35. The van der Waals surface area contributed by atoms with E-state index in [1.54, 1.807) is 17.0 Å². The summed E-state index contributed by atoms with van der Waals surface area (Å²) in [5.74, 6) is -0.282. The molecule has 1 fully saturated rings. The van der Waals surface area contributed by atoms with Gasteiger partial charge in [0.05, 0.1) is 6.26 Å². The smallest absolute Gasteiger partial charge is 0.224 e. The van der Waals surface area contributed by atoms with Crippen LogP contribution in [0.15, 0.2) is 24.3 Å². The van der Waals surface area contributed by atoms with Crippen LogP contribution in [0.1, 0.15) is 26.2 Å². The van der Waals surface area contributed by atoms with Gasteiger partial charge in [-0.3, -0.25) is 4.79 Å². The van der Waals surface area contributed by atoms with Crippen molar-refractivity contribution in [3.8, 4) is 0 Å². The molecule has 26 heavy (non-hydrogen) atoms. The maximum atomic E-state index is 13.0. The first kappa shape index (κ1) is 20.6. The van der Waals surface area contributed by atoms with Crippen LogP contribution in [0.25, 0.3) is 0 Å². The number of nitrogens with zero attached hydrogens (tertiary/aromatic N) is 3. The second-order valence-corrected chi connectivity index (χ2v) is 8.59. The third-order valence-electron chi connectivity index (χ3n) is 4.63. The Labute approximate surface area is 155 Å².